The first kappa shape index (κ1) is 16.9. The highest BCUT2D eigenvalue weighted by Crippen LogP contribution is 2.44. The summed E-state index contributed by atoms with van der Waals surface area (Å²) in [7, 11) is 0. The van der Waals surface area contributed by atoms with Crippen molar-refractivity contribution in [3.05, 3.63) is 28.3 Å². The van der Waals surface area contributed by atoms with Gasteiger partial charge in [0.1, 0.15) is 6.07 Å². The third-order valence-electron chi connectivity index (χ3n) is 4.63. The molecule has 0 radical (unpaired) electrons. The molecule has 0 aliphatic carbocycles. The van der Waals surface area contributed by atoms with Crippen LogP contribution in [0.1, 0.15) is 17.5 Å². The third kappa shape index (κ3) is 2.31. The van der Waals surface area contributed by atoms with Crippen LogP contribution in [0.5, 0.6) is 0 Å². The van der Waals surface area contributed by atoms with Crippen LogP contribution in [0, 0.1) is 18.3 Å². The SMILES string of the molecule is Cc1c(N2C(=O)N3CC[C@H](N)[C@H]3C2C(F)(F)F)ccc(C#N)c1Cl. The van der Waals surface area contributed by atoms with Gasteiger partial charge in [0.25, 0.3) is 0 Å². The van der Waals surface area contributed by atoms with Gasteiger partial charge in [0, 0.05) is 12.6 Å². The quantitative estimate of drug-likeness (QED) is 0.839. The lowest BCUT2D eigenvalue weighted by atomic mass is 10.00. The van der Waals surface area contributed by atoms with E-state index in [0.29, 0.717) is 11.3 Å². The van der Waals surface area contributed by atoms with Gasteiger partial charge in [-0.2, -0.15) is 18.4 Å². The lowest BCUT2D eigenvalue weighted by Crippen LogP contribution is -2.53. The molecular weight excluding hydrogens is 345 g/mol. The van der Waals surface area contributed by atoms with E-state index >= 15 is 0 Å². The largest absolute Gasteiger partial charge is 0.411 e. The zero-order valence-electron chi connectivity index (χ0n) is 12.6. The number of nitriles is 1. The van der Waals surface area contributed by atoms with Crippen molar-refractivity contribution in [3.63, 3.8) is 0 Å². The Balaban J connectivity index is 2.14. The van der Waals surface area contributed by atoms with Crippen molar-refractivity contribution in [1.82, 2.24) is 4.90 Å². The molecule has 2 fully saturated rings. The van der Waals surface area contributed by atoms with E-state index in [1.165, 1.54) is 24.0 Å². The fraction of sp³-hybridized carbons (Fsp3) is 0.467. The van der Waals surface area contributed by atoms with E-state index in [9.17, 15) is 18.0 Å². The van der Waals surface area contributed by atoms with Gasteiger partial charge in [-0.3, -0.25) is 4.90 Å². The molecule has 2 heterocycles. The molecule has 3 rings (SSSR count). The topological polar surface area (TPSA) is 73.4 Å². The predicted octanol–water partition coefficient (Wildman–Crippen LogP) is 2.79. The maximum Gasteiger partial charge on any atom is 0.411 e. The Kier molecular flexibility index (Phi) is 3.89. The van der Waals surface area contributed by atoms with Crippen LogP contribution >= 0.6 is 11.6 Å². The highest BCUT2D eigenvalue weighted by molar-refractivity contribution is 6.33. The van der Waals surface area contributed by atoms with Gasteiger partial charge < -0.3 is 10.6 Å². The van der Waals surface area contributed by atoms with Crippen LogP contribution in [0.4, 0.5) is 23.7 Å². The molecule has 2 aliphatic heterocycles. The first-order valence-electron chi connectivity index (χ1n) is 7.29. The summed E-state index contributed by atoms with van der Waals surface area (Å²) in [6.45, 7) is 1.68. The number of nitrogens with zero attached hydrogens (tertiary/aromatic N) is 3. The number of rotatable bonds is 1. The molecule has 2 aliphatic rings. The molecule has 1 aromatic rings. The standard InChI is InChI=1S/C15H14ClF3N4O/c1-7-10(3-2-8(6-20)11(7)16)23-13(15(17,18)19)12-9(21)4-5-22(12)14(23)24/h2-3,9,12-13H,4-5,21H2,1H3/t9-,12-,13?/m0/s1. The second-order valence-electron chi connectivity index (χ2n) is 5.96. The van der Waals surface area contributed by atoms with Gasteiger partial charge in [-0.15, -0.1) is 0 Å². The van der Waals surface area contributed by atoms with E-state index < -0.39 is 30.3 Å². The van der Waals surface area contributed by atoms with Crippen LogP contribution in [-0.4, -0.2) is 41.8 Å². The molecule has 0 saturated carbocycles. The van der Waals surface area contributed by atoms with Gasteiger partial charge in [0.15, 0.2) is 6.04 Å². The zero-order chi connectivity index (χ0) is 17.8. The van der Waals surface area contributed by atoms with E-state index in [0.717, 1.165) is 0 Å². The predicted molar refractivity (Wildman–Crippen MR) is 81.7 cm³/mol. The summed E-state index contributed by atoms with van der Waals surface area (Å²) >= 11 is 6.06. The molecule has 2 N–H and O–H groups in total. The molecule has 5 nitrogen and oxygen atoms in total. The summed E-state index contributed by atoms with van der Waals surface area (Å²) in [5.41, 5.74) is 6.28. The van der Waals surface area contributed by atoms with Crippen molar-refractivity contribution in [1.29, 1.82) is 5.26 Å². The minimum absolute atomic E-state index is 0.0417. The number of anilines is 1. The Hall–Kier alpha value is -1.98. The third-order valence-corrected chi connectivity index (χ3v) is 5.12. The molecule has 24 heavy (non-hydrogen) atoms. The van der Waals surface area contributed by atoms with Gasteiger partial charge in [-0.05, 0) is 31.0 Å². The lowest BCUT2D eigenvalue weighted by Gasteiger charge is -2.30. The first-order chi connectivity index (χ1) is 11.2. The number of urea groups is 1. The van der Waals surface area contributed by atoms with Crippen LogP contribution in [0.25, 0.3) is 0 Å². The number of halogens is 4. The van der Waals surface area contributed by atoms with E-state index in [-0.39, 0.29) is 28.4 Å². The highest BCUT2D eigenvalue weighted by atomic mass is 35.5. The van der Waals surface area contributed by atoms with Crippen LogP contribution < -0.4 is 10.6 Å². The average Bonchev–Trinajstić information content (AvgIpc) is 3.01. The summed E-state index contributed by atoms with van der Waals surface area (Å²) in [6, 6.07) is -0.126. The molecular formula is C15H14ClF3N4O. The Morgan fingerprint density at radius 3 is 2.67 bits per heavy atom. The van der Waals surface area contributed by atoms with Crippen molar-refractivity contribution in [2.75, 3.05) is 11.4 Å². The number of hydrogen-bond donors (Lipinski definition) is 1. The fourth-order valence-corrected chi connectivity index (χ4v) is 3.69. The highest BCUT2D eigenvalue weighted by Gasteiger charge is 2.62. The van der Waals surface area contributed by atoms with Gasteiger partial charge in [0.2, 0.25) is 0 Å². The number of hydrogen-bond acceptors (Lipinski definition) is 3. The summed E-state index contributed by atoms with van der Waals surface area (Å²) in [6.07, 6.45) is -4.30. The van der Waals surface area contributed by atoms with Crippen LogP contribution in [0.15, 0.2) is 12.1 Å². The molecule has 9 heteroatoms. The second kappa shape index (κ2) is 5.53. The lowest BCUT2D eigenvalue weighted by molar-refractivity contribution is -0.152. The summed E-state index contributed by atoms with van der Waals surface area (Å²) in [5, 5.41) is 9.02. The molecule has 128 valence electrons. The molecule has 0 aromatic heterocycles. The molecule has 2 amide bonds. The summed E-state index contributed by atoms with van der Waals surface area (Å²) < 4.78 is 41.1. The van der Waals surface area contributed by atoms with Crippen molar-refractivity contribution in [3.8, 4) is 6.07 Å². The van der Waals surface area contributed by atoms with Crippen LogP contribution in [0.2, 0.25) is 5.02 Å². The van der Waals surface area contributed by atoms with E-state index in [1.807, 2.05) is 6.07 Å². The first-order valence-corrected chi connectivity index (χ1v) is 7.67. The number of fused-ring (bicyclic) bond motifs is 1. The normalized spacial score (nSPS) is 26.7. The smallest absolute Gasteiger partial charge is 0.326 e. The van der Waals surface area contributed by atoms with Crippen molar-refractivity contribution in [2.45, 2.75) is 37.6 Å². The Morgan fingerprint density at radius 2 is 2.08 bits per heavy atom. The van der Waals surface area contributed by atoms with Crippen LogP contribution in [0.3, 0.4) is 0 Å². The summed E-state index contributed by atoms with van der Waals surface area (Å²) in [4.78, 5) is 14.5. The van der Waals surface area contributed by atoms with Gasteiger partial charge in [-0.25, -0.2) is 4.79 Å². The van der Waals surface area contributed by atoms with Crippen molar-refractivity contribution >= 4 is 23.3 Å². The number of amides is 2. The van der Waals surface area contributed by atoms with E-state index in [2.05, 4.69) is 0 Å². The number of nitrogens with two attached hydrogens (primary N) is 1. The summed E-state index contributed by atoms with van der Waals surface area (Å²) in [5.74, 6) is 0. The van der Waals surface area contributed by atoms with Gasteiger partial charge >= 0.3 is 12.2 Å². The Bertz CT molecular complexity index is 745. The minimum Gasteiger partial charge on any atom is -0.326 e. The Labute approximate surface area is 141 Å². The number of alkyl halides is 3. The molecule has 0 bridgehead atoms. The van der Waals surface area contributed by atoms with Crippen molar-refractivity contribution < 1.29 is 18.0 Å². The van der Waals surface area contributed by atoms with E-state index in [4.69, 9.17) is 22.6 Å². The molecule has 3 atom stereocenters. The molecule has 0 spiro atoms. The molecule has 1 unspecified atom stereocenters. The van der Waals surface area contributed by atoms with Crippen LogP contribution in [-0.2, 0) is 0 Å². The maximum absolute atomic E-state index is 13.7. The monoisotopic (exact) mass is 358 g/mol. The van der Waals surface area contributed by atoms with Crippen molar-refractivity contribution in [2.24, 2.45) is 5.73 Å². The molecule has 1 aromatic carbocycles. The number of carbonyl (C=O) groups is 1. The minimum atomic E-state index is -4.64. The number of carbonyl (C=O) groups excluding carboxylic acids is 1. The second-order valence-corrected chi connectivity index (χ2v) is 6.34. The Morgan fingerprint density at radius 1 is 1.42 bits per heavy atom. The van der Waals surface area contributed by atoms with E-state index in [1.54, 1.807) is 0 Å². The number of benzene rings is 1. The average molecular weight is 359 g/mol. The van der Waals surface area contributed by atoms with Gasteiger partial charge in [-0.1, -0.05) is 11.6 Å². The molecule has 2 saturated heterocycles. The zero-order valence-corrected chi connectivity index (χ0v) is 13.4. The fourth-order valence-electron chi connectivity index (χ4n) is 3.49. The van der Waals surface area contributed by atoms with Gasteiger partial charge in [0.05, 0.1) is 22.3 Å². The maximum atomic E-state index is 13.7.